The Kier molecular flexibility index (Phi) is 5.08. The van der Waals surface area contributed by atoms with Gasteiger partial charge in [-0.05, 0) is 39.7 Å². The number of benzene rings is 2. The topological polar surface area (TPSA) is 79.8 Å². The molecule has 0 fully saturated rings. The average molecular weight is 406 g/mol. The van der Waals surface area contributed by atoms with Crippen LogP contribution in [0.3, 0.4) is 0 Å². The molecular weight excluding hydrogens is 393 g/mol. The predicted octanol–water partition coefficient (Wildman–Crippen LogP) is 2.87. The summed E-state index contributed by atoms with van der Waals surface area (Å²) in [6.45, 7) is 0. The van der Waals surface area contributed by atoms with Crippen molar-refractivity contribution >= 4 is 33.5 Å². The molecule has 2 N–H and O–H groups in total. The number of carbonyl (C=O) groups excluding carboxylic acids is 2. The molecule has 0 saturated heterocycles. The maximum Gasteiger partial charge on any atom is 0.287 e. The zero-order chi connectivity index (χ0) is 17.8. The lowest BCUT2D eigenvalue weighted by molar-refractivity contribution is -0.115. The van der Waals surface area contributed by atoms with Crippen molar-refractivity contribution in [3.63, 3.8) is 0 Å². The van der Waals surface area contributed by atoms with E-state index >= 15 is 0 Å². The number of nitrogens with one attached hydrogen (secondary N) is 2. The van der Waals surface area contributed by atoms with Gasteiger partial charge in [0.05, 0.1) is 5.56 Å². The fourth-order valence-corrected chi connectivity index (χ4v) is 2.82. The van der Waals surface area contributed by atoms with Gasteiger partial charge in [0.1, 0.15) is 5.82 Å². The van der Waals surface area contributed by atoms with Crippen LogP contribution < -0.4 is 10.9 Å². The molecule has 1 aliphatic heterocycles. The highest BCUT2D eigenvalue weighted by Gasteiger charge is 2.27. The lowest BCUT2D eigenvalue weighted by Crippen LogP contribution is -2.44. The highest BCUT2D eigenvalue weighted by molar-refractivity contribution is 9.10. The van der Waals surface area contributed by atoms with Gasteiger partial charge in [-0.1, -0.05) is 35.5 Å². The van der Waals surface area contributed by atoms with Crippen molar-refractivity contribution in [3.05, 3.63) is 69.9 Å². The third-order valence-electron chi connectivity index (χ3n) is 3.57. The molecule has 6 nitrogen and oxygen atoms in total. The number of oxime groups is 1. The molecule has 2 aromatic carbocycles. The summed E-state index contributed by atoms with van der Waals surface area (Å²) < 4.78 is 13.3. The van der Waals surface area contributed by atoms with Crippen molar-refractivity contribution in [2.45, 2.75) is 12.5 Å². The van der Waals surface area contributed by atoms with Crippen LogP contribution in [-0.4, -0.2) is 17.5 Å². The molecule has 0 radical (unpaired) electrons. The van der Waals surface area contributed by atoms with E-state index in [1.807, 2.05) is 30.3 Å². The van der Waals surface area contributed by atoms with Gasteiger partial charge in [0.2, 0.25) is 0 Å². The third-order valence-corrected chi connectivity index (χ3v) is 4.22. The minimum absolute atomic E-state index is 0.173. The van der Waals surface area contributed by atoms with Crippen LogP contribution in [0.25, 0.3) is 0 Å². The van der Waals surface area contributed by atoms with Crippen LogP contribution in [0.1, 0.15) is 28.4 Å². The normalized spacial score (nSPS) is 15.9. The van der Waals surface area contributed by atoms with Crippen LogP contribution in [-0.2, 0) is 9.63 Å². The standard InChI is InChI=1S/C17H13BrFN3O3/c18-13-8-11(19)6-7-12(13)16(23)20-21-17(24)14-9-15(25-22-14)10-4-2-1-3-5-10/h1-8,15H,9H2,(H,20,23)(H,21,24)/t15-/m0/s1. The van der Waals surface area contributed by atoms with Crippen molar-refractivity contribution < 1.29 is 18.8 Å². The Morgan fingerprint density at radius 3 is 2.56 bits per heavy atom. The minimum Gasteiger partial charge on any atom is -0.387 e. The zero-order valence-electron chi connectivity index (χ0n) is 12.8. The maximum absolute atomic E-state index is 13.0. The fraction of sp³-hybridized carbons (Fsp3) is 0.118. The molecule has 3 rings (SSSR count). The molecule has 1 heterocycles. The number of carbonyl (C=O) groups is 2. The van der Waals surface area contributed by atoms with E-state index in [1.165, 1.54) is 6.07 Å². The van der Waals surface area contributed by atoms with Crippen LogP contribution in [0.5, 0.6) is 0 Å². The Morgan fingerprint density at radius 2 is 1.84 bits per heavy atom. The molecule has 1 aliphatic rings. The van der Waals surface area contributed by atoms with E-state index in [4.69, 9.17) is 4.84 Å². The molecule has 0 saturated carbocycles. The molecule has 1 atom stereocenters. The quantitative estimate of drug-likeness (QED) is 0.770. The van der Waals surface area contributed by atoms with E-state index in [0.717, 1.165) is 17.7 Å². The molecule has 0 aromatic heterocycles. The second-order valence-electron chi connectivity index (χ2n) is 5.28. The first-order chi connectivity index (χ1) is 12.0. The number of halogens is 2. The molecular formula is C17H13BrFN3O3. The van der Waals surface area contributed by atoms with Gasteiger partial charge in [0.15, 0.2) is 11.8 Å². The SMILES string of the molecule is O=C(NNC(=O)c1ccc(F)cc1Br)C1=NO[C@H](c2ccccc2)C1. The van der Waals surface area contributed by atoms with Crippen molar-refractivity contribution in [1.29, 1.82) is 0 Å². The van der Waals surface area contributed by atoms with Crippen LogP contribution in [0.15, 0.2) is 58.2 Å². The van der Waals surface area contributed by atoms with Crippen LogP contribution >= 0.6 is 15.9 Å². The largest absolute Gasteiger partial charge is 0.387 e. The van der Waals surface area contributed by atoms with Crippen LogP contribution in [0, 0.1) is 5.82 Å². The van der Waals surface area contributed by atoms with Gasteiger partial charge in [0.25, 0.3) is 11.8 Å². The highest BCUT2D eigenvalue weighted by Crippen LogP contribution is 2.26. The summed E-state index contributed by atoms with van der Waals surface area (Å²) in [5.74, 6) is -1.62. The summed E-state index contributed by atoms with van der Waals surface area (Å²) in [4.78, 5) is 29.4. The smallest absolute Gasteiger partial charge is 0.287 e. The van der Waals surface area contributed by atoms with Crippen molar-refractivity contribution in [2.24, 2.45) is 5.16 Å². The number of rotatable bonds is 3. The number of amides is 2. The summed E-state index contributed by atoms with van der Waals surface area (Å²) >= 11 is 3.10. The average Bonchev–Trinajstić information content (AvgIpc) is 3.10. The van der Waals surface area contributed by atoms with Crippen molar-refractivity contribution in [2.75, 3.05) is 0 Å². The van der Waals surface area contributed by atoms with Crippen LogP contribution in [0.2, 0.25) is 0 Å². The number of hydrazine groups is 1. The number of nitrogens with zero attached hydrogens (tertiary/aromatic N) is 1. The molecule has 2 amide bonds. The summed E-state index contributed by atoms with van der Waals surface area (Å²) in [5, 5.41) is 3.77. The molecule has 0 bridgehead atoms. The van der Waals surface area contributed by atoms with Gasteiger partial charge in [-0.2, -0.15) is 0 Å². The van der Waals surface area contributed by atoms with Gasteiger partial charge in [-0.15, -0.1) is 0 Å². The van der Waals surface area contributed by atoms with E-state index in [2.05, 4.69) is 31.9 Å². The molecule has 0 unspecified atom stereocenters. The van der Waals surface area contributed by atoms with Gasteiger partial charge in [-0.3, -0.25) is 20.4 Å². The van der Waals surface area contributed by atoms with Crippen molar-refractivity contribution in [1.82, 2.24) is 10.9 Å². The Balaban J connectivity index is 1.55. The molecule has 0 spiro atoms. The second kappa shape index (κ2) is 7.43. The lowest BCUT2D eigenvalue weighted by atomic mass is 10.0. The van der Waals surface area contributed by atoms with E-state index in [0.29, 0.717) is 6.42 Å². The molecule has 0 aliphatic carbocycles. The lowest BCUT2D eigenvalue weighted by Gasteiger charge is -2.09. The van der Waals surface area contributed by atoms with Gasteiger partial charge < -0.3 is 4.84 Å². The van der Waals surface area contributed by atoms with Gasteiger partial charge in [-0.25, -0.2) is 4.39 Å². The first-order valence-corrected chi connectivity index (χ1v) is 8.17. The van der Waals surface area contributed by atoms with Crippen LogP contribution in [0.4, 0.5) is 4.39 Å². The predicted molar refractivity (Wildman–Crippen MR) is 92.0 cm³/mol. The summed E-state index contributed by atoms with van der Waals surface area (Å²) in [6, 6.07) is 13.0. The third kappa shape index (κ3) is 4.03. The molecule has 2 aromatic rings. The summed E-state index contributed by atoms with van der Waals surface area (Å²) in [5.41, 5.74) is 5.81. The maximum atomic E-state index is 13.0. The first-order valence-electron chi connectivity index (χ1n) is 7.38. The van der Waals surface area contributed by atoms with E-state index in [-0.39, 0.29) is 21.9 Å². The zero-order valence-corrected chi connectivity index (χ0v) is 14.4. The van der Waals surface area contributed by atoms with E-state index < -0.39 is 17.6 Å². The van der Waals surface area contributed by atoms with Crippen molar-refractivity contribution in [3.8, 4) is 0 Å². The number of hydrogen-bond acceptors (Lipinski definition) is 4. The van der Waals surface area contributed by atoms with Gasteiger partial charge in [0, 0.05) is 10.9 Å². The first kappa shape index (κ1) is 17.1. The van der Waals surface area contributed by atoms with Gasteiger partial charge >= 0.3 is 0 Å². The summed E-state index contributed by atoms with van der Waals surface area (Å²) in [7, 11) is 0. The Labute approximate surface area is 151 Å². The van der Waals surface area contributed by atoms with E-state index in [9.17, 15) is 14.0 Å². The Bertz CT molecular complexity index is 842. The minimum atomic E-state index is -0.584. The Morgan fingerprint density at radius 1 is 1.12 bits per heavy atom. The van der Waals surface area contributed by atoms with E-state index in [1.54, 1.807) is 0 Å². The molecule has 8 heteroatoms. The summed E-state index contributed by atoms with van der Waals surface area (Å²) in [6.07, 6.45) is -0.0321. The Hall–Kier alpha value is -2.74. The monoisotopic (exact) mass is 405 g/mol. The highest BCUT2D eigenvalue weighted by atomic mass is 79.9. The number of hydrogen-bond donors (Lipinski definition) is 2. The fourth-order valence-electron chi connectivity index (χ4n) is 2.28. The molecule has 128 valence electrons. The molecule has 25 heavy (non-hydrogen) atoms. The second-order valence-corrected chi connectivity index (χ2v) is 6.13.